The summed E-state index contributed by atoms with van der Waals surface area (Å²) in [6, 6.07) is 0. The number of aliphatic carboxylic acids is 1. The number of carboxylic acids is 1. The SMILES string of the molecule is CC/C(C)=C/C=C(\C)C(=O)O. The first-order valence-electron chi connectivity index (χ1n) is 3.65. The molecule has 2 heteroatoms. The Morgan fingerprint density at radius 3 is 2.27 bits per heavy atom. The Bertz CT molecular complexity index is 200. The second-order valence-corrected chi connectivity index (χ2v) is 2.52. The van der Waals surface area contributed by atoms with Gasteiger partial charge in [-0.2, -0.15) is 0 Å². The van der Waals surface area contributed by atoms with Crippen LogP contribution in [0.5, 0.6) is 0 Å². The average molecular weight is 154 g/mol. The first kappa shape index (κ1) is 9.95. The largest absolute Gasteiger partial charge is 0.478 e. The Balaban J connectivity index is 4.22. The number of hydrogen-bond donors (Lipinski definition) is 1. The molecule has 0 aliphatic heterocycles. The number of rotatable bonds is 3. The van der Waals surface area contributed by atoms with E-state index in [-0.39, 0.29) is 0 Å². The molecule has 0 aliphatic carbocycles. The highest BCUT2D eigenvalue weighted by Gasteiger charge is 1.95. The van der Waals surface area contributed by atoms with Crippen molar-refractivity contribution in [3.8, 4) is 0 Å². The molecular formula is C9H14O2. The monoisotopic (exact) mass is 154 g/mol. The number of carbonyl (C=O) groups is 1. The molecule has 0 radical (unpaired) electrons. The zero-order chi connectivity index (χ0) is 8.85. The lowest BCUT2D eigenvalue weighted by atomic mass is 10.2. The molecule has 0 aromatic rings. The third-order valence-electron chi connectivity index (χ3n) is 1.51. The Labute approximate surface area is 67.2 Å². The molecular weight excluding hydrogens is 140 g/mol. The lowest BCUT2D eigenvalue weighted by Gasteiger charge is -1.91. The molecule has 0 atom stereocenters. The van der Waals surface area contributed by atoms with Crippen LogP contribution in [0.1, 0.15) is 27.2 Å². The summed E-state index contributed by atoms with van der Waals surface area (Å²) in [7, 11) is 0. The summed E-state index contributed by atoms with van der Waals surface area (Å²) in [6.45, 7) is 5.60. The summed E-state index contributed by atoms with van der Waals surface area (Å²) in [5, 5.41) is 8.47. The van der Waals surface area contributed by atoms with E-state index in [1.807, 2.05) is 19.9 Å². The van der Waals surface area contributed by atoms with Crippen LogP contribution in [0.3, 0.4) is 0 Å². The molecule has 0 bridgehead atoms. The van der Waals surface area contributed by atoms with E-state index in [1.165, 1.54) is 5.57 Å². The average Bonchev–Trinajstić information content (AvgIpc) is 1.99. The standard InChI is InChI=1S/C9H14O2/c1-4-7(2)5-6-8(3)9(10)11/h5-6H,4H2,1-3H3,(H,10,11)/b7-5+,8-6+. The fourth-order valence-electron chi connectivity index (χ4n) is 0.456. The lowest BCUT2D eigenvalue weighted by Crippen LogP contribution is -1.94. The van der Waals surface area contributed by atoms with Crippen molar-refractivity contribution in [2.75, 3.05) is 0 Å². The van der Waals surface area contributed by atoms with Crippen molar-refractivity contribution >= 4 is 5.97 Å². The molecule has 0 saturated carbocycles. The second-order valence-electron chi connectivity index (χ2n) is 2.52. The molecule has 0 heterocycles. The van der Waals surface area contributed by atoms with Crippen molar-refractivity contribution in [1.82, 2.24) is 0 Å². The van der Waals surface area contributed by atoms with Crippen molar-refractivity contribution in [1.29, 1.82) is 0 Å². The summed E-state index contributed by atoms with van der Waals surface area (Å²) in [5.74, 6) is -0.856. The van der Waals surface area contributed by atoms with E-state index in [1.54, 1.807) is 13.0 Å². The number of hydrogen-bond acceptors (Lipinski definition) is 1. The van der Waals surface area contributed by atoms with E-state index in [2.05, 4.69) is 0 Å². The maximum Gasteiger partial charge on any atom is 0.331 e. The minimum atomic E-state index is -0.856. The normalized spacial score (nSPS) is 13.4. The number of carboxylic acid groups (broad SMARTS) is 1. The van der Waals surface area contributed by atoms with Crippen molar-refractivity contribution in [2.24, 2.45) is 0 Å². The number of allylic oxidation sites excluding steroid dienone is 3. The van der Waals surface area contributed by atoms with E-state index in [9.17, 15) is 4.79 Å². The van der Waals surface area contributed by atoms with Crippen LogP contribution in [0.25, 0.3) is 0 Å². The summed E-state index contributed by atoms with van der Waals surface area (Å²) < 4.78 is 0. The van der Waals surface area contributed by atoms with E-state index >= 15 is 0 Å². The fraction of sp³-hybridized carbons (Fsp3) is 0.444. The van der Waals surface area contributed by atoms with Crippen molar-refractivity contribution < 1.29 is 9.90 Å². The van der Waals surface area contributed by atoms with Crippen LogP contribution in [0.2, 0.25) is 0 Å². The summed E-state index contributed by atoms with van der Waals surface area (Å²) in [6.07, 6.45) is 4.42. The smallest absolute Gasteiger partial charge is 0.331 e. The highest BCUT2D eigenvalue weighted by Crippen LogP contribution is 2.00. The van der Waals surface area contributed by atoms with Crippen LogP contribution in [-0.4, -0.2) is 11.1 Å². The van der Waals surface area contributed by atoms with E-state index in [0.717, 1.165) is 6.42 Å². The van der Waals surface area contributed by atoms with Gasteiger partial charge in [0.1, 0.15) is 0 Å². The van der Waals surface area contributed by atoms with Gasteiger partial charge in [0.15, 0.2) is 0 Å². The molecule has 0 spiro atoms. The third-order valence-corrected chi connectivity index (χ3v) is 1.51. The van der Waals surface area contributed by atoms with Gasteiger partial charge in [-0.05, 0) is 20.3 Å². The van der Waals surface area contributed by atoms with Crippen molar-refractivity contribution in [2.45, 2.75) is 27.2 Å². The Morgan fingerprint density at radius 2 is 1.91 bits per heavy atom. The molecule has 0 unspecified atom stereocenters. The molecule has 11 heavy (non-hydrogen) atoms. The molecule has 0 saturated heterocycles. The molecule has 0 aliphatic rings. The maximum absolute atomic E-state index is 10.3. The van der Waals surface area contributed by atoms with Crippen LogP contribution in [0.4, 0.5) is 0 Å². The maximum atomic E-state index is 10.3. The fourth-order valence-corrected chi connectivity index (χ4v) is 0.456. The van der Waals surface area contributed by atoms with Crippen LogP contribution < -0.4 is 0 Å². The molecule has 1 N–H and O–H groups in total. The van der Waals surface area contributed by atoms with Crippen LogP contribution >= 0.6 is 0 Å². The van der Waals surface area contributed by atoms with Gasteiger partial charge in [-0.15, -0.1) is 0 Å². The highest BCUT2D eigenvalue weighted by atomic mass is 16.4. The Morgan fingerprint density at radius 1 is 1.36 bits per heavy atom. The minimum absolute atomic E-state index is 0.373. The second kappa shape index (κ2) is 4.72. The lowest BCUT2D eigenvalue weighted by molar-refractivity contribution is -0.132. The molecule has 0 aromatic heterocycles. The van der Waals surface area contributed by atoms with Gasteiger partial charge in [0.05, 0.1) is 0 Å². The molecule has 0 rings (SSSR count). The van der Waals surface area contributed by atoms with Crippen LogP contribution in [0, 0.1) is 0 Å². The molecule has 0 aromatic carbocycles. The van der Waals surface area contributed by atoms with Gasteiger partial charge >= 0.3 is 5.97 Å². The van der Waals surface area contributed by atoms with Gasteiger partial charge in [0.2, 0.25) is 0 Å². The molecule has 2 nitrogen and oxygen atoms in total. The first-order chi connectivity index (χ1) is 5.07. The van der Waals surface area contributed by atoms with Crippen molar-refractivity contribution in [3.63, 3.8) is 0 Å². The van der Waals surface area contributed by atoms with Gasteiger partial charge in [-0.25, -0.2) is 4.79 Å². The molecule has 0 fully saturated rings. The summed E-state index contributed by atoms with van der Waals surface area (Å²) in [5.41, 5.74) is 1.56. The summed E-state index contributed by atoms with van der Waals surface area (Å²) in [4.78, 5) is 10.3. The quantitative estimate of drug-likeness (QED) is 0.500. The topological polar surface area (TPSA) is 37.3 Å². The van der Waals surface area contributed by atoms with E-state index < -0.39 is 5.97 Å². The van der Waals surface area contributed by atoms with Crippen LogP contribution in [-0.2, 0) is 4.79 Å². The predicted molar refractivity (Wildman–Crippen MR) is 45.4 cm³/mol. The van der Waals surface area contributed by atoms with Gasteiger partial charge in [0, 0.05) is 5.57 Å². The molecule has 0 amide bonds. The van der Waals surface area contributed by atoms with Crippen molar-refractivity contribution in [3.05, 3.63) is 23.3 Å². The highest BCUT2D eigenvalue weighted by molar-refractivity contribution is 5.86. The van der Waals surface area contributed by atoms with Gasteiger partial charge in [-0.3, -0.25) is 0 Å². The van der Waals surface area contributed by atoms with Gasteiger partial charge in [0.25, 0.3) is 0 Å². The Kier molecular flexibility index (Phi) is 4.27. The van der Waals surface area contributed by atoms with Gasteiger partial charge < -0.3 is 5.11 Å². The predicted octanol–water partition coefficient (Wildman–Crippen LogP) is 2.37. The Hall–Kier alpha value is -1.05. The van der Waals surface area contributed by atoms with Gasteiger partial charge in [-0.1, -0.05) is 24.6 Å². The van der Waals surface area contributed by atoms with E-state index in [4.69, 9.17) is 5.11 Å². The van der Waals surface area contributed by atoms with E-state index in [0.29, 0.717) is 5.57 Å². The minimum Gasteiger partial charge on any atom is -0.478 e. The first-order valence-corrected chi connectivity index (χ1v) is 3.65. The molecule has 62 valence electrons. The zero-order valence-electron chi connectivity index (χ0n) is 7.22. The zero-order valence-corrected chi connectivity index (χ0v) is 7.22. The van der Waals surface area contributed by atoms with Crippen LogP contribution in [0.15, 0.2) is 23.3 Å². The third kappa shape index (κ3) is 4.37. The summed E-state index contributed by atoms with van der Waals surface area (Å²) >= 11 is 0.